The van der Waals surface area contributed by atoms with Gasteiger partial charge in [0.1, 0.15) is 0 Å². The Morgan fingerprint density at radius 1 is 0.714 bits per heavy atom. The summed E-state index contributed by atoms with van der Waals surface area (Å²) >= 11 is 0. The van der Waals surface area contributed by atoms with E-state index in [1.165, 1.54) is 73.9 Å². The Morgan fingerprint density at radius 3 is 1.81 bits per heavy atom. The molecule has 1 nitrogen and oxygen atoms in total. The predicted molar refractivity (Wildman–Crippen MR) is 87.7 cm³/mol. The van der Waals surface area contributed by atoms with Crippen molar-refractivity contribution < 1.29 is 0 Å². The third-order valence-electron chi connectivity index (χ3n) is 5.09. The Kier molecular flexibility index (Phi) is 3.29. The first-order valence-corrected chi connectivity index (χ1v) is 8.43. The second kappa shape index (κ2) is 5.29. The molecule has 1 heterocycles. The van der Waals surface area contributed by atoms with Gasteiger partial charge < -0.3 is 0 Å². The number of benzene rings is 1. The van der Waals surface area contributed by atoms with E-state index < -0.39 is 0 Å². The van der Waals surface area contributed by atoms with Gasteiger partial charge in [-0.05, 0) is 80.5 Å². The zero-order valence-corrected chi connectivity index (χ0v) is 12.9. The molecule has 0 bridgehead atoms. The van der Waals surface area contributed by atoms with Crippen molar-refractivity contribution in [2.45, 2.75) is 58.3 Å². The van der Waals surface area contributed by atoms with E-state index >= 15 is 0 Å². The minimum Gasteiger partial charge on any atom is -0.257 e. The van der Waals surface area contributed by atoms with Gasteiger partial charge in [0.05, 0.1) is 0 Å². The SMILES string of the molecule is Cc1ccc(-c2c3c(nc4c2CCCC4)CCCC3)cc1. The van der Waals surface area contributed by atoms with E-state index in [-0.39, 0.29) is 0 Å². The van der Waals surface area contributed by atoms with Gasteiger partial charge >= 0.3 is 0 Å². The quantitative estimate of drug-likeness (QED) is 0.728. The molecule has 0 unspecified atom stereocenters. The van der Waals surface area contributed by atoms with E-state index in [2.05, 4.69) is 31.2 Å². The summed E-state index contributed by atoms with van der Waals surface area (Å²) in [5.74, 6) is 0. The normalized spacial score (nSPS) is 17.2. The lowest BCUT2D eigenvalue weighted by Gasteiger charge is -2.26. The largest absolute Gasteiger partial charge is 0.257 e. The molecule has 0 fully saturated rings. The van der Waals surface area contributed by atoms with Crippen LogP contribution in [0.5, 0.6) is 0 Å². The third kappa shape index (κ3) is 2.29. The highest BCUT2D eigenvalue weighted by Crippen LogP contribution is 2.38. The number of aromatic nitrogens is 1. The van der Waals surface area contributed by atoms with E-state index in [9.17, 15) is 0 Å². The van der Waals surface area contributed by atoms with Crippen LogP contribution >= 0.6 is 0 Å². The Morgan fingerprint density at radius 2 is 1.24 bits per heavy atom. The van der Waals surface area contributed by atoms with E-state index in [1.807, 2.05) is 0 Å². The molecule has 1 aromatic carbocycles. The average Bonchev–Trinajstić information content (AvgIpc) is 2.53. The maximum Gasteiger partial charge on any atom is 0.0445 e. The lowest BCUT2D eigenvalue weighted by molar-refractivity contribution is 0.629. The summed E-state index contributed by atoms with van der Waals surface area (Å²) in [4.78, 5) is 5.06. The molecule has 0 saturated carbocycles. The first-order chi connectivity index (χ1) is 10.3. The van der Waals surface area contributed by atoms with Crippen molar-refractivity contribution in [3.8, 4) is 11.1 Å². The van der Waals surface area contributed by atoms with Crippen molar-refractivity contribution in [2.75, 3.05) is 0 Å². The van der Waals surface area contributed by atoms with Gasteiger partial charge in [-0.15, -0.1) is 0 Å². The van der Waals surface area contributed by atoms with Crippen LogP contribution in [0, 0.1) is 6.92 Å². The Labute approximate surface area is 127 Å². The highest BCUT2D eigenvalue weighted by molar-refractivity contribution is 5.73. The topological polar surface area (TPSA) is 12.9 Å². The zero-order chi connectivity index (χ0) is 14.2. The van der Waals surface area contributed by atoms with Crippen LogP contribution in [0.2, 0.25) is 0 Å². The van der Waals surface area contributed by atoms with Crippen LogP contribution in [-0.2, 0) is 25.7 Å². The van der Waals surface area contributed by atoms with E-state index in [4.69, 9.17) is 4.98 Å². The molecule has 0 amide bonds. The van der Waals surface area contributed by atoms with Gasteiger partial charge in [0.2, 0.25) is 0 Å². The van der Waals surface area contributed by atoms with Crippen LogP contribution in [0.4, 0.5) is 0 Å². The molecule has 2 aliphatic carbocycles. The molecule has 1 aromatic heterocycles. The fraction of sp³-hybridized carbons (Fsp3) is 0.450. The highest BCUT2D eigenvalue weighted by atomic mass is 14.7. The summed E-state index contributed by atoms with van der Waals surface area (Å²) in [5, 5.41) is 0. The second-order valence-corrected chi connectivity index (χ2v) is 6.62. The number of hydrogen-bond donors (Lipinski definition) is 0. The first-order valence-electron chi connectivity index (χ1n) is 8.43. The van der Waals surface area contributed by atoms with Gasteiger partial charge in [-0.2, -0.15) is 0 Å². The number of rotatable bonds is 1. The minimum absolute atomic E-state index is 1.18. The van der Waals surface area contributed by atoms with Gasteiger partial charge in [-0.1, -0.05) is 29.8 Å². The standard InChI is InChI=1S/C20H23N/c1-14-10-12-15(13-11-14)20-16-6-2-4-8-18(16)21-19-9-5-3-7-17(19)20/h10-13H,2-9H2,1H3. The third-order valence-corrected chi connectivity index (χ3v) is 5.09. The zero-order valence-electron chi connectivity index (χ0n) is 12.9. The molecule has 2 aromatic rings. The molecule has 2 aliphatic rings. The van der Waals surface area contributed by atoms with Gasteiger partial charge in [-0.3, -0.25) is 4.98 Å². The maximum absolute atomic E-state index is 5.06. The maximum atomic E-state index is 5.06. The molecular formula is C20H23N. The Hall–Kier alpha value is -1.63. The molecule has 0 N–H and O–H groups in total. The van der Waals surface area contributed by atoms with E-state index in [1.54, 1.807) is 16.7 Å². The Bertz CT molecular complexity index is 633. The predicted octanol–water partition coefficient (Wildman–Crippen LogP) is 4.81. The molecular weight excluding hydrogens is 254 g/mol. The van der Waals surface area contributed by atoms with Crippen molar-refractivity contribution >= 4 is 0 Å². The number of pyridine rings is 1. The molecule has 0 spiro atoms. The molecule has 0 aliphatic heterocycles. The fourth-order valence-corrected chi connectivity index (χ4v) is 3.98. The molecule has 0 saturated heterocycles. The first kappa shape index (κ1) is 13.1. The second-order valence-electron chi connectivity index (χ2n) is 6.62. The van der Waals surface area contributed by atoms with Gasteiger partial charge in [0, 0.05) is 11.4 Å². The van der Waals surface area contributed by atoms with Crippen LogP contribution in [0.25, 0.3) is 11.1 Å². The Balaban J connectivity index is 1.96. The van der Waals surface area contributed by atoms with Crippen molar-refractivity contribution in [1.82, 2.24) is 4.98 Å². The number of nitrogens with zero attached hydrogens (tertiary/aromatic N) is 1. The van der Waals surface area contributed by atoms with Gasteiger partial charge in [0.15, 0.2) is 0 Å². The van der Waals surface area contributed by atoms with Crippen LogP contribution in [-0.4, -0.2) is 4.98 Å². The number of hydrogen-bond acceptors (Lipinski definition) is 1. The molecule has 0 atom stereocenters. The van der Waals surface area contributed by atoms with E-state index in [0.717, 1.165) is 0 Å². The van der Waals surface area contributed by atoms with Gasteiger partial charge in [0.25, 0.3) is 0 Å². The minimum atomic E-state index is 1.18. The summed E-state index contributed by atoms with van der Waals surface area (Å²) in [7, 11) is 0. The molecule has 4 rings (SSSR count). The number of aryl methyl sites for hydroxylation is 3. The summed E-state index contributed by atoms with van der Waals surface area (Å²) in [6, 6.07) is 9.13. The van der Waals surface area contributed by atoms with Crippen LogP contribution in [0.1, 0.15) is 53.8 Å². The van der Waals surface area contributed by atoms with Crippen LogP contribution in [0.3, 0.4) is 0 Å². The van der Waals surface area contributed by atoms with Crippen LogP contribution in [0.15, 0.2) is 24.3 Å². The molecule has 108 valence electrons. The summed E-state index contributed by atoms with van der Waals surface area (Å²) < 4.78 is 0. The average molecular weight is 277 g/mol. The summed E-state index contributed by atoms with van der Waals surface area (Å²) in [6.07, 6.45) is 10.1. The van der Waals surface area contributed by atoms with Crippen molar-refractivity contribution in [3.63, 3.8) is 0 Å². The van der Waals surface area contributed by atoms with Crippen molar-refractivity contribution in [2.24, 2.45) is 0 Å². The summed E-state index contributed by atoms with van der Waals surface area (Å²) in [6.45, 7) is 2.17. The summed E-state index contributed by atoms with van der Waals surface area (Å²) in [5.41, 5.74) is 10.2. The van der Waals surface area contributed by atoms with Gasteiger partial charge in [-0.25, -0.2) is 0 Å². The lowest BCUT2D eigenvalue weighted by atomic mass is 9.81. The number of fused-ring (bicyclic) bond motifs is 2. The van der Waals surface area contributed by atoms with Crippen molar-refractivity contribution in [1.29, 1.82) is 0 Å². The van der Waals surface area contributed by atoms with Crippen molar-refractivity contribution in [3.05, 3.63) is 52.3 Å². The fourth-order valence-electron chi connectivity index (χ4n) is 3.98. The molecule has 0 radical (unpaired) electrons. The van der Waals surface area contributed by atoms with E-state index in [0.29, 0.717) is 0 Å². The molecule has 21 heavy (non-hydrogen) atoms. The monoisotopic (exact) mass is 277 g/mol. The lowest BCUT2D eigenvalue weighted by Crippen LogP contribution is -2.15. The molecule has 1 heteroatoms. The highest BCUT2D eigenvalue weighted by Gasteiger charge is 2.23. The van der Waals surface area contributed by atoms with Crippen LogP contribution < -0.4 is 0 Å². The smallest absolute Gasteiger partial charge is 0.0445 e.